The van der Waals surface area contributed by atoms with E-state index in [2.05, 4.69) is 25.7 Å². The molecular formula is C19H16ClF3N6O4. The van der Waals surface area contributed by atoms with Gasteiger partial charge < -0.3 is 20.1 Å². The topological polar surface area (TPSA) is 120 Å². The van der Waals surface area contributed by atoms with Crippen molar-refractivity contribution in [1.82, 2.24) is 19.6 Å². The van der Waals surface area contributed by atoms with Crippen LogP contribution in [0, 0.1) is 0 Å². The summed E-state index contributed by atoms with van der Waals surface area (Å²) in [7, 11) is 1.44. The lowest BCUT2D eigenvalue weighted by Gasteiger charge is -2.18. The van der Waals surface area contributed by atoms with Crippen LogP contribution in [0.5, 0.6) is 5.88 Å². The van der Waals surface area contributed by atoms with Crippen molar-refractivity contribution in [1.29, 1.82) is 0 Å². The number of carbonyl (C=O) groups excluding carboxylic acids is 2. The zero-order chi connectivity index (χ0) is 24.2. The Morgan fingerprint density at radius 1 is 1.27 bits per heavy atom. The van der Waals surface area contributed by atoms with E-state index < -0.39 is 23.9 Å². The van der Waals surface area contributed by atoms with E-state index in [0.29, 0.717) is 23.6 Å². The SMILES string of the molecule is CO[C@@H](C)c1c(NC(=O)Nc2cc(C(F)(F)F)cnc2OCC=C=O)cnc2cc(Cl)nn12. The molecule has 0 saturated carbocycles. The average Bonchev–Trinajstić information content (AvgIpc) is 3.13. The van der Waals surface area contributed by atoms with Gasteiger partial charge in [0.1, 0.15) is 18.2 Å². The first kappa shape index (κ1) is 24.0. The zero-order valence-corrected chi connectivity index (χ0v) is 17.9. The quantitative estimate of drug-likeness (QED) is 0.488. The van der Waals surface area contributed by atoms with Crippen molar-refractivity contribution in [3.8, 4) is 5.88 Å². The third-order valence-electron chi connectivity index (χ3n) is 4.29. The van der Waals surface area contributed by atoms with Gasteiger partial charge in [-0.15, -0.1) is 0 Å². The van der Waals surface area contributed by atoms with Crippen molar-refractivity contribution in [2.75, 3.05) is 24.4 Å². The molecule has 0 spiro atoms. The molecule has 0 unspecified atom stereocenters. The van der Waals surface area contributed by atoms with E-state index in [1.54, 1.807) is 6.92 Å². The highest BCUT2D eigenvalue weighted by molar-refractivity contribution is 6.29. The second kappa shape index (κ2) is 9.86. The van der Waals surface area contributed by atoms with Gasteiger partial charge in [-0.3, -0.25) is 0 Å². The highest BCUT2D eigenvalue weighted by atomic mass is 35.5. The number of alkyl halides is 3. The maximum absolute atomic E-state index is 13.1. The predicted octanol–water partition coefficient (Wildman–Crippen LogP) is 3.91. The lowest BCUT2D eigenvalue weighted by Crippen LogP contribution is -2.23. The van der Waals surface area contributed by atoms with Gasteiger partial charge in [0, 0.05) is 25.4 Å². The number of pyridine rings is 1. The van der Waals surface area contributed by atoms with E-state index in [9.17, 15) is 22.8 Å². The maximum atomic E-state index is 13.1. The molecular weight excluding hydrogens is 469 g/mol. The number of hydrogen-bond donors (Lipinski definition) is 2. The molecule has 0 aliphatic rings. The third-order valence-corrected chi connectivity index (χ3v) is 4.48. The Hall–Kier alpha value is -3.67. The Bertz CT molecular complexity index is 1230. The van der Waals surface area contributed by atoms with Crippen LogP contribution in [0.15, 0.2) is 30.6 Å². The monoisotopic (exact) mass is 484 g/mol. The molecule has 0 aliphatic carbocycles. The second-order valence-electron chi connectivity index (χ2n) is 6.46. The number of hydrogen-bond acceptors (Lipinski definition) is 7. The lowest BCUT2D eigenvalue weighted by atomic mass is 10.2. The standard InChI is InChI=1S/C19H16ClF3N6O4/c1-10(32-2)16-13(9-24-15-7-14(20)28-29(15)16)27-18(31)26-12-6-11(19(21,22)23)8-25-17(12)33-5-3-4-30/h3,6-10H,5H2,1-2H3,(H2,26,27,31)/t10-/m0/s1. The van der Waals surface area contributed by atoms with Crippen LogP contribution < -0.4 is 15.4 Å². The molecule has 0 aromatic carbocycles. The van der Waals surface area contributed by atoms with Gasteiger partial charge in [0.15, 0.2) is 10.8 Å². The molecule has 0 saturated heterocycles. The molecule has 0 fully saturated rings. The van der Waals surface area contributed by atoms with Gasteiger partial charge in [-0.05, 0) is 13.0 Å². The molecule has 14 heteroatoms. The van der Waals surface area contributed by atoms with Crippen LogP contribution in [0.25, 0.3) is 5.65 Å². The molecule has 33 heavy (non-hydrogen) atoms. The number of fused-ring (bicyclic) bond motifs is 1. The molecule has 174 valence electrons. The first-order chi connectivity index (χ1) is 15.6. The zero-order valence-electron chi connectivity index (χ0n) is 17.1. The van der Waals surface area contributed by atoms with Gasteiger partial charge in [-0.1, -0.05) is 11.6 Å². The number of nitrogens with one attached hydrogen (secondary N) is 2. The molecule has 1 atom stereocenters. The fourth-order valence-electron chi connectivity index (χ4n) is 2.76. The Labute approximate surface area is 189 Å². The molecule has 3 heterocycles. The van der Waals surface area contributed by atoms with E-state index in [0.717, 1.165) is 6.08 Å². The van der Waals surface area contributed by atoms with Crippen molar-refractivity contribution >= 4 is 40.6 Å². The van der Waals surface area contributed by atoms with Crippen LogP contribution in [0.1, 0.15) is 24.3 Å². The van der Waals surface area contributed by atoms with Crippen LogP contribution in [-0.4, -0.2) is 45.3 Å². The molecule has 3 aromatic heterocycles. The van der Waals surface area contributed by atoms with Gasteiger partial charge in [-0.25, -0.2) is 24.1 Å². The van der Waals surface area contributed by atoms with Gasteiger partial charge in [0.25, 0.3) is 0 Å². The van der Waals surface area contributed by atoms with Crippen molar-refractivity contribution in [3.63, 3.8) is 0 Å². The number of halogens is 4. The van der Waals surface area contributed by atoms with Crippen LogP contribution in [0.2, 0.25) is 5.15 Å². The van der Waals surface area contributed by atoms with Gasteiger partial charge in [0.2, 0.25) is 5.88 Å². The van der Waals surface area contributed by atoms with E-state index in [1.807, 2.05) is 0 Å². The summed E-state index contributed by atoms with van der Waals surface area (Å²) in [5, 5.41) is 9.03. The van der Waals surface area contributed by atoms with E-state index in [4.69, 9.17) is 21.1 Å². The van der Waals surface area contributed by atoms with E-state index in [1.165, 1.54) is 29.8 Å². The minimum absolute atomic E-state index is 0.162. The molecule has 3 rings (SSSR count). The lowest BCUT2D eigenvalue weighted by molar-refractivity contribution is -0.137. The van der Waals surface area contributed by atoms with Crippen LogP contribution in [0.4, 0.5) is 29.3 Å². The molecule has 2 amide bonds. The molecule has 0 radical (unpaired) electrons. The van der Waals surface area contributed by atoms with Crippen molar-refractivity contribution in [2.45, 2.75) is 19.2 Å². The van der Waals surface area contributed by atoms with Gasteiger partial charge in [0.05, 0.1) is 29.2 Å². The maximum Gasteiger partial charge on any atom is 0.417 e. The number of ether oxygens (including phenoxy) is 2. The number of aromatic nitrogens is 4. The van der Waals surface area contributed by atoms with E-state index >= 15 is 0 Å². The fourth-order valence-corrected chi connectivity index (χ4v) is 2.94. The number of anilines is 2. The summed E-state index contributed by atoms with van der Waals surface area (Å²) in [5.41, 5.74) is -0.538. The van der Waals surface area contributed by atoms with Crippen molar-refractivity contribution < 1.29 is 32.2 Å². The summed E-state index contributed by atoms with van der Waals surface area (Å²) >= 11 is 5.94. The largest absolute Gasteiger partial charge is 0.471 e. The summed E-state index contributed by atoms with van der Waals surface area (Å²) in [6.07, 6.45) is -2.45. The van der Waals surface area contributed by atoms with Gasteiger partial charge in [-0.2, -0.15) is 18.3 Å². The molecule has 3 aromatic rings. The normalized spacial score (nSPS) is 12.2. The van der Waals surface area contributed by atoms with Crippen LogP contribution in [0.3, 0.4) is 0 Å². The molecule has 0 bridgehead atoms. The van der Waals surface area contributed by atoms with Gasteiger partial charge >= 0.3 is 12.2 Å². The number of urea groups is 1. The Balaban J connectivity index is 1.92. The summed E-state index contributed by atoms with van der Waals surface area (Å²) in [5.74, 6) is 1.13. The third kappa shape index (κ3) is 5.58. The number of rotatable bonds is 7. The summed E-state index contributed by atoms with van der Waals surface area (Å²) < 4.78 is 51.2. The smallest absolute Gasteiger partial charge is 0.417 e. The number of amides is 2. The average molecular weight is 485 g/mol. The summed E-state index contributed by atoms with van der Waals surface area (Å²) in [6.45, 7) is 1.38. The number of methoxy groups -OCH3 is 1. The predicted molar refractivity (Wildman–Crippen MR) is 111 cm³/mol. The first-order valence-electron chi connectivity index (χ1n) is 9.18. The minimum Gasteiger partial charge on any atom is -0.471 e. The second-order valence-corrected chi connectivity index (χ2v) is 6.85. The van der Waals surface area contributed by atoms with Crippen LogP contribution in [-0.2, 0) is 15.7 Å². The minimum atomic E-state index is -4.71. The molecule has 10 nitrogen and oxygen atoms in total. The molecule has 2 N–H and O–H groups in total. The Morgan fingerprint density at radius 2 is 2.00 bits per heavy atom. The van der Waals surface area contributed by atoms with E-state index in [-0.39, 0.29) is 29.0 Å². The fraction of sp³-hybridized carbons (Fsp3) is 0.263. The first-order valence-corrected chi connectivity index (χ1v) is 9.56. The molecule has 0 aliphatic heterocycles. The highest BCUT2D eigenvalue weighted by Crippen LogP contribution is 2.34. The number of carbonyl (C=O) groups is 1. The van der Waals surface area contributed by atoms with Crippen LogP contribution >= 0.6 is 11.6 Å². The number of nitrogens with zero attached hydrogens (tertiary/aromatic N) is 4. The summed E-state index contributed by atoms with van der Waals surface area (Å²) in [4.78, 5) is 30.7. The summed E-state index contributed by atoms with van der Waals surface area (Å²) in [6, 6.07) is 1.24. The Kier molecular flexibility index (Phi) is 7.16. The highest BCUT2D eigenvalue weighted by Gasteiger charge is 2.32. The van der Waals surface area contributed by atoms with Crippen molar-refractivity contribution in [2.24, 2.45) is 0 Å². The van der Waals surface area contributed by atoms with Crippen molar-refractivity contribution in [3.05, 3.63) is 47.0 Å². The Morgan fingerprint density at radius 3 is 2.67 bits per heavy atom.